The lowest BCUT2D eigenvalue weighted by molar-refractivity contribution is 0.0967. The quantitative estimate of drug-likeness (QED) is 0.870. The molecule has 0 aliphatic heterocycles. The van der Waals surface area contributed by atoms with Crippen LogP contribution in [0, 0.1) is 11.3 Å². The summed E-state index contributed by atoms with van der Waals surface area (Å²) < 4.78 is 0. The van der Waals surface area contributed by atoms with Gasteiger partial charge in [-0.05, 0) is 48.3 Å². The minimum absolute atomic E-state index is 0.0245. The van der Waals surface area contributed by atoms with Crippen LogP contribution >= 0.6 is 11.3 Å². The fraction of sp³-hybridized carbons (Fsp3) is 0.529. The Morgan fingerprint density at radius 3 is 2.81 bits per heavy atom. The molecule has 1 atom stereocenters. The Labute approximate surface area is 129 Å². The van der Waals surface area contributed by atoms with E-state index in [4.69, 9.17) is 4.98 Å². The van der Waals surface area contributed by atoms with Gasteiger partial charge in [0.25, 0.3) is 5.91 Å². The first-order valence-corrected chi connectivity index (χ1v) is 8.34. The molecule has 0 saturated carbocycles. The van der Waals surface area contributed by atoms with Crippen molar-refractivity contribution < 1.29 is 4.79 Å². The highest BCUT2D eigenvalue weighted by atomic mass is 32.1. The molecule has 112 valence electrons. The standard InChI is InChI=1S/C17H22N2OS/c1-17(2,3)12-5-6-13-10(8-12)7-11-9-14(15(20)18-4)21-16(11)19-13/h7,9,12H,5-6,8H2,1-4H3,(H,18,20). The maximum absolute atomic E-state index is 11.8. The van der Waals surface area contributed by atoms with Crippen LogP contribution in [-0.4, -0.2) is 17.9 Å². The highest BCUT2D eigenvalue weighted by molar-refractivity contribution is 7.20. The molecule has 0 fully saturated rings. The van der Waals surface area contributed by atoms with Crippen molar-refractivity contribution in [2.45, 2.75) is 40.0 Å². The van der Waals surface area contributed by atoms with Crippen LogP contribution in [0.15, 0.2) is 12.1 Å². The van der Waals surface area contributed by atoms with E-state index in [1.165, 1.54) is 29.0 Å². The van der Waals surface area contributed by atoms with Crippen LogP contribution in [0.5, 0.6) is 0 Å². The summed E-state index contributed by atoms with van der Waals surface area (Å²) in [5.41, 5.74) is 2.94. The monoisotopic (exact) mass is 302 g/mol. The van der Waals surface area contributed by atoms with Crippen LogP contribution in [0.2, 0.25) is 0 Å². The second kappa shape index (κ2) is 5.09. The molecule has 1 aliphatic carbocycles. The van der Waals surface area contributed by atoms with E-state index in [1.807, 2.05) is 6.07 Å². The number of hydrogen-bond donors (Lipinski definition) is 1. The third-order valence-electron chi connectivity index (χ3n) is 4.55. The maximum atomic E-state index is 11.8. The van der Waals surface area contributed by atoms with Crippen LogP contribution in [0.1, 0.15) is 48.1 Å². The molecule has 2 aromatic rings. The molecule has 1 amide bonds. The second-order valence-corrected chi connectivity index (χ2v) is 8.01. The van der Waals surface area contributed by atoms with Gasteiger partial charge >= 0.3 is 0 Å². The number of nitrogens with zero attached hydrogens (tertiary/aromatic N) is 1. The SMILES string of the molecule is CNC(=O)c1cc2cc3c(nc2s1)CCC(C(C)(C)C)C3. The van der Waals surface area contributed by atoms with Gasteiger partial charge in [0.05, 0.1) is 4.88 Å². The van der Waals surface area contributed by atoms with Crippen LogP contribution in [0.3, 0.4) is 0 Å². The largest absolute Gasteiger partial charge is 0.354 e. The van der Waals surface area contributed by atoms with Crippen molar-refractivity contribution in [3.63, 3.8) is 0 Å². The Morgan fingerprint density at radius 2 is 2.14 bits per heavy atom. The molecule has 1 N–H and O–H groups in total. The molecule has 0 aromatic carbocycles. The predicted octanol–water partition coefficient (Wildman–Crippen LogP) is 3.81. The molecule has 0 bridgehead atoms. The minimum Gasteiger partial charge on any atom is -0.354 e. The van der Waals surface area contributed by atoms with E-state index in [0.29, 0.717) is 11.3 Å². The van der Waals surface area contributed by atoms with Gasteiger partial charge in [0.1, 0.15) is 4.83 Å². The lowest BCUT2D eigenvalue weighted by Gasteiger charge is -2.34. The van der Waals surface area contributed by atoms with E-state index in [-0.39, 0.29) is 5.91 Å². The van der Waals surface area contributed by atoms with E-state index in [2.05, 4.69) is 32.2 Å². The first-order valence-electron chi connectivity index (χ1n) is 7.53. The molecule has 0 spiro atoms. The molecule has 0 saturated heterocycles. The number of carbonyl (C=O) groups excluding carboxylic acids is 1. The van der Waals surface area contributed by atoms with E-state index in [1.54, 1.807) is 7.05 Å². The number of aryl methyl sites for hydroxylation is 1. The van der Waals surface area contributed by atoms with Crippen molar-refractivity contribution in [1.82, 2.24) is 10.3 Å². The Hall–Kier alpha value is -1.42. The normalized spacial score (nSPS) is 18.6. The van der Waals surface area contributed by atoms with Gasteiger partial charge in [0.15, 0.2) is 0 Å². The number of nitrogens with one attached hydrogen (secondary N) is 1. The van der Waals surface area contributed by atoms with Crippen LogP contribution in [-0.2, 0) is 12.8 Å². The third-order valence-corrected chi connectivity index (χ3v) is 5.59. The van der Waals surface area contributed by atoms with Crippen molar-refractivity contribution in [3.05, 3.63) is 28.3 Å². The van der Waals surface area contributed by atoms with Gasteiger partial charge in [-0.25, -0.2) is 4.98 Å². The number of pyridine rings is 1. The van der Waals surface area contributed by atoms with Crippen LogP contribution < -0.4 is 5.32 Å². The molecule has 4 heteroatoms. The average molecular weight is 302 g/mol. The average Bonchev–Trinajstić information content (AvgIpc) is 2.84. The fourth-order valence-corrected chi connectivity index (χ4v) is 4.08. The minimum atomic E-state index is -0.0245. The first-order chi connectivity index (χ1) is 9.88. The molecule has 2 aromatic heterocycles. The fourth-order valence-electron chi connectivity index (χ4n) is 3.10. The summed E-state index contributed by atoms with van der Waals surface area (Å²) in [6, 6.07) is 4.21. The molecule has 3 nitrogen and oxygen atoms in total. The van der Waals surface area contributed by atoms with E-state index in [9.17, 15) is 4.79 Å². The number of rotatable bonds is 1. The van der Waals surface area contributed by atoms with Gasteiger partial charge in [-0.2, -0.15) is 0 Å². The second-order valence-electron chi connectivity index (χ2n) is 6.98. The summed E-state index contributed by atoms with van der Waals surface area (Å²) in [6.45, 7) is 6.97. The van der Waals surface area contributed by atoms with Crippen molar-refractivity contribution in [2.75, 3.05) is 7.05 Å². The number of hydrogen-bond acceptors (Lipinski definition) is 3. The van der Waals surface area contributed by atoms with Gasteiger partial charge in [-0.1, -0.05) is 20.8 Å². The topological polar surface area (TPSA) is 42.0 Å². The number of carbonyl (C=O) groups is 1. The van der Waals surface area contributed by atoms with E-state index >= 15 is 0 Å². The highest BCUT2D eigenvalue weighted by Gasteiger charge is 2.29. The van der Waals surface area contributed by atoms with Crippen LogP contribution in [0.4, 0.5) is 0 Å². The van der Waals surface area contributed by atoms with Gasteiger partial charge < -0.3 is 5.32 Å². The molecule has 21 heavy (non-hydrogen) atoms. The zero-order chi connectivity index (χ0) is 15.2. The lowest BCUT2D eigenvalue weighted by Crippen LogP contribution is -2.27. The summed E-state index contributed by atoms with van der Waals surface area (Å²) in [6.07, 6.45) is 3.37. The Kier molecular flexibility index (Phi) is 3.52. The predicted molar refractivity (Wildman–Crippen MR) is 88.0 cm³/mol. The summed E-state index contributed by atoms with van der Waals surface area (Å²) in [7, 11) is 1.67. The zero-order valence-electron chi connectivity index (χ0n) is 13.1. The molecular weight excluding hydrogens is 280 g/mol. The number of aromatic nitrogens is 1. The van der Waals surface area contributed by atoms with Crippen molar-refractivity contribution in [1.29, 1.82) is 0 Å². The van der Waals surface area contributed by atoms with E-state index in [0.717, 1.165) is 27.9 Å². The molecule has 3 rings (SSSR count). The molecule has 1 unspecified atom stereocenters. The zero-order valence-corrected chi connectivity index (χ0v) is 13.9. The number of amides is 1. The smallest absolute Gasteiger partial charge is 0.261 e. The van der Waals surface area contributed by atoms with Crippen LogP contribution in [0.25, 0.3) is 10.2 Å². The molecule has 2 heterocycles. The summed E-state index contributed by atoms with van der Waals surface area (Å²) >= 11 is 1.49. The molecule has 1 aliphatic rings. The summed E-state index contributed by atoms with van der Waals surface area (Å²) in [5, 5.41) is 3.79. The first kappa shape index (κ1) is 14.5. The molecular formula is C17H22N2OS. The summed E-state index contributed by atoms with van der Waals surface area (Å²) in [5.74, 6) is 0.685. The van der Waals surface area contributed by atoms with E-state index < -0.39 is 0 Å². The van der Waals surface area contributed by atoms with Gasteiger partial charge in [-0.3, -0.25) is 4.79 Å². The highest BCUT2D eigenvalue weighted by Crippen LogP contribution is 2.38. The molecule has 0 radical (unpaired) electrons. The number of fused-ring (bicyclic) bond motifs is 2. The lowest BCUT2D eigenvalue weighted by atomic mass is 9.71. The Morgan fingerprint density at radius 1 is 1.38 bits per heavy atom. The van der Waals surface area contributed by atoms with Gasteiger partial charge in [-0.15, -0.1) is 11.3 Å². The van der Waals surface area contributed by atoms with Gasteiger partial charge in [0, 0.05) is 18.1 Å². The van der Waals surface area contributed by atoms with Gasteiger partial charge in [0.2, 0.25) is 0 Å². The maximum Gasteiger partial charge on any atom is 0.261 e. The Balaban J connectivity index is 1.99. The number of thiophene rings is 1. The van der Waals surface area contributed by atoms with Crippen molar-refractivity contribution >= 4 is 27.5 Å². The van der Waals surface area contributed by atoms with Crippen molar-refractivity contribution in [2.24, 2.45) is 11.3 Å². The van der Waals surface area contributed by atoms with Crippen molar-refractivity contribution in [3.8, 4) is 0 Å². The third kappa shape index (κ3) is 2.69. The summed E-state index contributed by atoms with van der Waals surface area (Å²) in [4.78, 5) is 18.3. The Bertz CT molecular complexity index is 697.